The predicted octanol–water partition coefficient (Wildman–Crippen LogP) is 1.27. The van der Waals surface area contributed by atoms with E-state index in [0.717, 1.165) is 6.54 Å². The minimum absolute atomic E-state index is 0.325. The van der Waals surface area contributed by atoms with Crippen LogP contribution in [0.4, 0.5) is 0 Å². The number of hydrogen-bond donors (Lipinski definition) is 1. The van der Waals surface area contributed by atoms with Gasteiger partial charge in [0.05, 0.1) is 0 Å². The Balaban J connectivity index is 3.45. The van der Waals surface area contributed by atoms with E-state index in [2.05, 4.69) is 19.3 Å². The number of rotatable bonds is 5. The lowest BCUT2D eigenvalue weighted by molar-refractivity contribution is -0.109. The second-order valence-electron chi connectivity index (χ2n) is 2.65. The molecule has 0 atom stereocenters. The maximum absolute atomic E-state index is 10.2. The fourth-order valence-corrected chi connectivity index (χ4v) is 0.443. The van der Waals surface area contributed by atoms with Gasteiger partial charge in [0.1, 0.15) is 0 Å². The van der Waals surface area contributed by atoms with Crippen LogP contribution in [0.1, 0.15) is 20.8 Å². The first-order chi connectivity index (χ1) is 5.20. The lowest BCUT2D eigenvalue weighted by atomic mass is 10.2. The molecule has 0 radical (unpaired) electrons. The Morgan fingerprint density at radius 2 is 2.27 bits per heavy atom. The summed E-state index contributed by atoms with van der Waals surface area (Å²) in [5, 5.41) is 0. The van der Waals surface area contributed by atoms with Crippen LogP contribution in [0.3, 0.4) is 0 Å². The third kappa shape index (κ3) is 5.61. The van der Waals surface area contributed by atoms with Gasteiger partial charge in [-0.25, -0.2) is 0 Å². The average molecular weight is 157 g/mol. The van der Waals surface area contributed by atoms with Crippen LogP contribution in [0.5, 0.6) is 0 Å². The Morgan fingerprint density at radius 1 is 1.64 bits per heavy atom. The molecule has 0 aromatic carbocycles. The molecule has 0 heterocycles. The third-order valence-electron chi connectivity index (χ3n) is 1.08. The molecule has 64 valence electrons. The van der Waals surface area contributed by atoms with E-state index in [1.165, 1.54) is 0 Å². The summed E-state index contributed by atoms with van der Waals surface area (Å²) in [5.74, 6) is 0.838. The summed E-state index contributed by atoms with van der Waals surface area (Å²) >= 11 is 0. The molecule has 11 heavy (non-hydrogen) atoms. The Labute approximate surface area is 67.4 Å². The van der Waals surface area contributed by atoms with Gasteiger partial charge in [0.25, 0.3) is 0 Å². The molecule has 3 heteroatoms. The Kier molecular flexibility index (Phi) is 5.47. The number of carbonyl (C=O) groups is 1. The lowest BCUT2D eigenvalue weighted by Crippen LogP contribution is -2.20. The first-order valence-corrected chi connectivity index (χ1v) is 3.72. The molecule has 0 bridgehead atoms. The van der Waals surface area contributed by atoms with Gasteiger partial charge in [-0.1, -0.05) is 13.8 Å². The highest BCUT2D eigenvalue weighted by Crippen LogP contribution is 1.91. The van der Waals surface area contributed by atoms with E-state index < -0.39 is 0 Å². The smallest absolute Gasteiger partial charge is 0.186 e. The first-order valence-electron chi connectivity index (χ1n) is 3.72. The van der Waals surface area contributed by atoms with Crippen LogP contribution >= 0.6 is 0 Å². The maximum Gasteiger partial charge on any atom is 0.186 e. The fourth-order valence-electron chi connectivity index (χ4n) is 0.443. The van der Waals surface area contributed by atoms with Crippen LogP contribution in [0.25, 0.3) is 0 Å². The molecule has 1 N–H and O–H groups in total. The molecule has 0 aliphatic heterocycles. The highest BCUT2D eigenvalue weighted by atomic mass is 16.6. The summed E-state index contributed by atoms with van der Waals surface area (Å²) in [6, 6.07) is 0. The van der Waals surface area contributed by atoms with Gasteiger partial charge in [0.2, 0.25) is 0 Å². The van der Waals surface area contributed by atoms with Crippen molar-refractivity contribution >= 4 is 6.29 Å². The highest BCUT2D eigenvalue weighted by molar-refractivity contribution is 5.69. The predicted molar refractivity (Wildman–Crippen MR) is 43.7 cm³/mol. The molecular formula is C8H15NO2. The largest absolute Gasteiger partial charge is 0.406 e. The number of allylic oxidation sites excluding steroid dienone is 2. The molecule has 0 fully saturated rings. The summed E-state index contributed by atoms with van der Waals surface area (Å²) < 4.78 is 0. The second-order valence-corrected chi connectivity index (χ2v) is 2.65. The van der Waals surface area contributed by atoms with Crippen LogP contribution in [-0.4, -0.2) is 12.8 Å². The van der Waals surface area contributed by atoms with Gasteiger partial charge < -0.3 is 4.84 Å². The zero-order valence-corrected chi connectivity index (χ0v) is 7.26. The SMILES string of the molecule is CC=C(C=O)ONCC(C)C. The van der Waals surface area contributed by atoms with E-state index in [1.807, 2.05) is 0 Å². The normalized spacial score (nSPS) is 11.8. The quantitative estimate of drug-likeness (QED) is 0.282. The van der Waals surface area contributed by atoms with Gasteiger partial charge in [-0.2, -0.15) is 5.48 Å². The maximum atomic E-state index is 10.2. The number of hydroxylamine groups is 1. The van der Waals surface area contributed by atoms with Crippen molar-refractivity contribution in [2.45, 2.75) is 20.8 Å². The number of aldehydes is 1. The van der Waals surface area contributed by atoms with Crippen molar-refractivity contribution in [1.82, 2.24) is 5.48 Å². The number of carbonyl (C=O) groups excluding carboxylic acids is 1. The standard InChI is InChI=1S/C8H15NO2/c1-4-8(6-10)11-9-5-7(2)3/h4,6-7,9H,5H2,1-3H3. The highest BCUT2D eigenvalue weighted by Gasteiger charge is 1.95. The zero-order valence-electron chi connectivity index (χ0n) is 7.26. The van der Waals surface area contributed by atoms with Crippen LogP contribution in [0.15, 0.2) is 11.8 Å². The molecule has 0 saturated heterocycles. The van der Waals surface area contributed by atoms with Gasteiger partial charge >= 0.3 is 0 Å². The Bertz CT molecular complexity index is 141. The molecule has 0 amide bonds. The first kappa shape index (κ1) is 10.2. The molecule has 0 aliphatic carbocycles. The molecule has 0 aliphatic rings. The van der Waals surface area contributed by atoms with Gasteiger partial charge in [0.15, 0.2) is 12.0 Å². The van der Waals surface area contributed by atoms with Crippen molar-refractivity contribution in [3.63, 3.8) is 0 Å². The van der Waals surface area contributed by atoms with E-state index >= 15 is 0 Å². The van der Waals surface area contributed by atoms with Crippen molar-refractivity contribution < 1.29 is 9.63 Å². The number of nitrogens with one attached hydrogen (secondary N) is 1. The summed E-state index contributed by atoms with van der Waals surface area (Å²) in [6.07, 6.45) is 2.29. The summed E-state index contributed by atoms with van der Waals surface area (Å²) in [6.45, 7) is 6.62. The molecule has 0 unspecified atom stereocenters. The van der Waals surface area contributed by atoms with Gasteiger partial charge in [-0.05, 0) is 18.9 Å². The summed E-state index contributed by atoms with van der Waals surface area (Å²) in [4.78, 5) is 15.1. The monoisotopic (exact) mass is 157 g/mol. The fraction of sp³-hybridized carbons (Fsp3) is 0.625. The van der Waals surface area contributed by atoms with E-state index in [-0.39, 0.29) is 0 Å². The molecule has 0 spiro atoms. The van der Waals surface area contributed by atoms with Crippen molar-refractivity contribution in [2.75, 3.05) is 6.54 Å². The lowest BCUT2D eigenvalue weighted by Gasteiger charge is -2.07. The van der Waals surface area contributed by atoms with E-state index in [0.29, 0.717) is 18.0 Å². The topological polar surface area (TPSA) is 38.3 Å². The Hall–Kier alpha value is -0.830. The van der Waals surface area contributed by atoms with Crippen molar-refractivity contribution in [2.24, 2.45) is 5.92 Å². The van der Waals surface area contributed by atoms with E-state index in [1.54, 1.807) is 13.0 Å². The van der Waals surface area contributed by atoms with Gasteiger partial charge in [-0.3, -0.25) is 4.79 Å². The van der Waals surface area contributed by atoms with Crippen LogP contribution in [0, 0.1) is 5.92 Å². The van der Waals surface area contributed by atoms with Crippen molar-refractivity contribution in [3.05, 3.63) is 11.8 Å². The zero-order chi connectivity index (χ0) is 8.69. The minimum atomic E-state index is 0.325. The van der Waals surface area contributed by atoms with E-state index in [4.69, 9.17) is 4.84 Å². The minimum Gasteiger partial charge on any atom is -0.406 e. The van der Waals surface area contributed by atoms with Crippen LogP contribution in [0.2, 0.25) is 0 Å². The molecule has 3 nitrogen and oxygen atoms in total. The van der Waals surface area contributed by atoms with Crippen LogP contribution in [-0.2, 0) is 9.63 Å². The third-order valence-corrected chi connectivity index (χ3v) is 1.08. The molecule has 0 aromatic heterocycles. The average Bonchev–Trinajstić information content (AvgIpc) is 1.98. The molecule has 0 aromatic rings. The van der Waals surface area contributed by atoms with Crippen LogP contribution < -0.4 is 5.48 Å². The van der Waals surface area contributed by atoms with Crippen molar-refractivity contribution in [3.8, 4) is 0 Å². The summed E-state index contributed by atoms with van der Waals surface area (Å²) in [7, 11) is 0. The van der Waals surface area contributed by atoms with Crippen molar-refractivity contribution in [1.29, 1.82) is 0 Å². The molecule has 0 saturated carbocycles. The Morgan fingerprint density at radius 3 is 2.64 bits per heavy atom. The number of hydrogen-bond acceptors (Lipinski definition) is 3. The van der Waals surface area contributed by atoms with E-state index in [9.17, 15) is 4.79 Å². The molecular weight excluding hydrogens is 142 g/mol. The summed E-state index contributed by atoms with van der Waals surface area (Å²) in [5.41, 5.74) is 2.69. The molecule has 0 rings (SSSR count). The second kappa shape index (κ2) is 5.92. The van der Waals surface area contributed by atoms with Gasteiger partial charge in [-0.15, -0.1) is 0 Å². The van der Waals surface area contributed by atoms with Gasteiger partial charge in [0, 0.05) is 6.54 Å².